The summed E-state index contributed by atoms with van der Waals surface area (Å²) in [5, 5.41) is 0. The zero-order valence-electron chi connectivity index (χ0n) is 51.3. The number of H-pyrrole nitrogens is 2. The second kappa shape index (κ2) is 21.2. The van der Waals surface area contributed by atoms with Crippen molar-refractivity contribution < 1.29 is 104 Å². The number of allylic oxidation sites excluding steroid dienone is 4. The summed E-state index contributed by atoms with van der Waals surface area (Å²) in [6, 6.07) is 5.28. The number of aromatic nitrogens is 4. The summed E-state index contributed by atoms with van der Waals surface area (Å²) in [5.41, 5.74) is -3.22. The second-order valence-electron chi connectivity index (χ2n) is 27.0. The van der Waals surface area contributed by atoms with E-state index in [2.05, 4.69) is 9.97 Å². The Hall–Kier alpha value is -5.16. The average molecular weight is 1440 g/mol. The molecule has 3 aromatic rings. The van der Waals surface area contributed by atoms with Gasteiger partial charge in [-0.1, -0.05) is 46.6 Å². The quantitative estimate of drug-likeness (QED) is 0.0425. The Morgan fingerprint density at radius 3 is 0.707 bits per heavy atom. The van der Waals surface area contributed by atoms with Crippen molar-refractivity contribution in [1.82, 2.24) is 19.9 Å². The molecule has 5 heterocycles. The lowest BCUT2D eigenvalue weighted by atomic mass is 9.71. The number of rotatable bonds is 12. The molecule has 0 spiro atoms. The van der Waals surface area contributed by atoms with Crippen molar-refractivity contribution in [1.29, 1.82) is 0 Å². The third kappa shape index (κ3) is 10.8. The van der Waals surface area contributed by atoms with Gasteiger partial charge in [0.1, 0.15) is 38.0 Å². The van der Waals surface area contributed by atoms with Crippen LogP contribution in [0, 0.1) is 0 Å². The summed E-state index contributed by atoms with van der Waals surface area (Å²) >= 11 is 0. The standard InChI is InChI=1S/C56H70N4O24S8/c1-29-21-49(5,85(61,62)63)25-53(9,89(73,74)75)45(29)41-33-13-15-35(57-33)42(46-30(2)22-50(6,86(64,65)66)26-54(46,10)90(76,77)78)37-17-19-39(59-37)44(48-32(4)24-52(8,88(70,71)72)28-56(48,12)92(82,83)84)40-20-18-38(60-40)43(36-16-14-34(41)58-36)47-31(3)23-51(7,87(67,68)69)27-55(47,11)91(79,80)81/h13-24,45-48,57-58H,25-28H2,1-12H3,(H,61,62,63)(H,64,65,66)(H,67,68,69)(H,70,71,72)(H,73,74,75)(H,76,77,78)(H,79,80,81)(H,82,83,84). The molecule has 12 unspecified atom stereocenters. The highest BCUT2D eigenvalue weighted by atomic mass is 32.3. The summed E-state index contributed by atoms with van der Waals surface area (Å²) in [4.78, 5) is 16.3. The van der Waals surface area contributed by atoms with Crippen LogP contribution in [0.25, 0.3) is 46.4 Å². The topological polar surface area (TPSA) is 492 Å². The number of nitrogens with zero attached hydrogens (tertiary/aromatic N) is 2. The number of fused-ring (bicyclic) bond motifs is 8. The maximum absolute atomic E-state index is 14.2. The van der Waals surface area contributed by atoms with Gasteiger partial charge in [-0.25, -0.2) is 9.97 Å². The van der Waals surface area contributed by atoms with E-state index in [4.69, 9.17) is 9.97 Å². The first-order valence-electron chi connectivity index (χ1n) is 27.9. The van der Waals surface area contributed by atoms with Gasteiger partial charge in [0.25, 0.3) is 80.9 Å². The highest BCUT2D eigenvalue weighted by Crippen LogP contribution is 2.58. The second-order valence-corrected chi connectivity index (χ2v) is 42.0. The summed E-state index contributed by atoms with van der Waals surface area (Å²) in [5.74, 6) is -6.99. The molecule has 506 valence electrons. The first-order valence-corrected chi connectivity index (χ1v) is 39.4. The molecule has 0 saturated carbocycles. The van der Waals surface area contributed by atoms with Crippen molar-refractivity contribution in [3.8, 4) is 0 Å². The van der Waals surface area contributed by atoms with E-state index in [1.807, 2.05) is 0 Å². The van der Waals surface area contributed by atoms with Crippen LogP contribution in [0.5, 0.6) is 0 Å². The normalized spacial score (nSPS) is 33.6. The van der Waals surface area contributed by atoms with Gasteiger partial charge in [-0.15, -0.1) is 0 Å². The van der Waals surface area contributed by atoms with Gasteiger partial charge >= 0.3 is 0 Å². The lowest BCUT2D eigenvalue weighted by molar-refractivity contribution is 0.350. The van der Waals surface area contributed by atoms with Crippen LogP contribution >= 0.6 is 0 Å². The number of aromatic amines is 2. The van der Waals surface area contributed by atoms with E-state index in [0.29, 0.717) is 0 Å². The third-order valence-electron chi connectivity index (χ3n) is 20.0. The number of hydrogen-bond donors (Lipinski definition) is 10. The summed E-state index contributed by atoms with van der Waals surface area (Å²) in [6.07, 6.45) is 5.08. The SMILES string of the molecule is CC1=CC(C)(S(=O)(=O)O)CC(C)(S(=O)(=O)O)C1c1c2nc(c(C3C(C)=CC(C)(S(=O)(=O)O)CC3(C)S(=O)(=O)O)c3ccc([nH]3)c(C3C(C)=CC(C)(S(=O)(=O)O)CC3(C)S(=O)(=O)O)c3ccc([nH]3)c(C3C(C)=CC(C)(S(=O)(=O)O)CC3(C)S(=O)(=O)O)c3nc1C=C3)C=C2. The van der Waals surface area contributed by atoms with Crippen molar-refractivity contribution in [3.05, 3.63) is 116 Å². The Balaban J connectivity index is 1.62. The van der Waals surface area contributed by atoms with Crippen molar-refractivity contribution in [2.45, 2.75) is 170 Å². The summed E-state index contributed by atoms with van der Waals surface area (Å²) in [6.45, 7) is 13.1. The van der Waals surface area contributed by atoms with E-state index >= 15 is 0 Å². The monoisotopic (exact) mass is 1440 g/mol. The molecule has 92 heavy (non-hydrogen) atoms. The predicted molar refractivity (Wildman–Crippen MR) is 343 cm³/mol. The van der Waals surface area contributed by atoms with Gasteiger partial charge in [0, 0.05) is 68.0 Å². The molecule has 4 aliphatic carbocycles. The fraction of sp³-hybridized carbons (Fsp3) is 0.500. The molecule has 6 aliphatic rings. The van der Waals surface area contributed by atoms with Gasteiger partial charge in [0.05, 0.1) is 22.8 Å². The van der Waals surface area contributed by atoms with Crippen molar-refractivity contribution in [2.75, 3.05) is 0 Å². The Kier molecular flexibility index (Phi) is 16.4. The highest BCUT2D eigenvalue weighted by Gasteiger charge is 2.63. The molecule has 2 aliphatic heterocycles. The maximum atomic E-state index is 14.2. The fourth-order valence-electron chi connectivity index (χ4n) is 15.9. The van der Waals surface area contributed by atoms with Crippen LogP contribution in [0.2, 0.25) is 0 Å². The van der Waals surface area contributed by atoms with Gasteiger partial charge in [0.15, 0.2) is 0 Å². The van der Waals surface area contributed by atoms with Crippen LogP contribution in [0.4, 0.5) is 0 Å². The van der Waals surface area contributed by atoms with Crippen LogP contribution in [-0.4, -0.2) is 162 Å². The average Bonchev–Trinajstić information content (AvgIpc) is 1.10. The molecular weight excluding hydrogens is 1370 g/mol. The Morgan fingerprint density at radius 1 is 0.315 bits per heavy atom. The van der Waals surface area contributed by atoms with E-state index in [1.54, 1.807) is 0 Å². The van der Waals surface area contributed by atoms with Crippen LogP contribution < -0.4 is 0 Å². The van der Waals surface area contributed by atoms with E-state index < -0.39 is 168 Å². The van der Waals surface area contributed by atoms with E-state index in [0.717, 1.165) is 79.7 Å². The van der Waals surface area contributed by atoms with E-state index in [1.165, 1.54) is 76.3 Å². The number of hydrogen-bond acceptors (Lipinski definition) is 18. The van der Waals surface area contributed by atoms with Crippen LogP contribution in [0.1, 0.15) is 177 Å². The van der Waals surface area contributed by atoms with Crippen molar-refractivity contribution in [3.63, 3.8) is 0 Å². The van der Waals surface area contributed by atoms with Crippen molar-refractivity contribution in [2.24, 2.45) is 0 Å². The zero-order chi connectivity index (χ0) is 69.7. The molecule has 0 aromatic carbocycles. The summed E-state index contributed by atoms with van der Waals surface area (Å²) in [7, 11) is -43.1. The van der Waals surface area contributed by atoms with Crippen LogP contribution in [0.15, 0.2) is 70.9 Å². The maximum Gasteiger partial charge on any atom is 0.274 e. The molecule has 9 rings (SSSR count). The molecule has 0 amide bonds. The summed E-state index contributed by atoms with van der Waals surface area (Å²) < 4.78 is 288. The largest absolute Gasteiger partial charge is 0.355 e. The molecule has 0 saturated heterocycles. The minimum absolute atomic E-state index is 0.126. The van der Waals surface area contributed by atoms with Crippen LogP contribution in [0.3, 0.4) is 0 Å². The molecular formula is C56H70N4O24S8. The molecule has 10 N–H and O–H groups in total. The lowest BCUT2D eigenvalue weighted by Gasteiger charge is -2.45. The van der Waals surface area contributed by atoms with E-state index in [9.17, 15) is 104 Å². The minimum Gasteiger partial charge on any atom is -0.355 e. The predicted octanol–water partition coefficient (Wildman–Crippen LogP) is 7.56. The van der Waals surface area contributed by atoms with Gasteiger partial charge in [-0.2, -0.15) is 67.3 Å². The third-order valence-corrected chi connectivity index (χ3v) is 32.0. The smallest absolute Gasteiger partial charge is 0.274 e. The zero-order valence-corrected chi connectivity index (χ0v) is 57.9. The molecule has 28 nitrogen and oxygen atoms in total. The van der Waals surface area contributed by atoms with Gasteiger partial charge in [-0.05, 0) is 157 Å². The first kappa shape index (κ1) is 71.1. The Morgan fingerprint density at radius 2 is 0.500 bits per heavy atom. The van der Waals surface area contributed by atoms with Gasteiger partial charge in [-0.3, -0.25) is 36.4 Å². The number of nitrogens with one attached hydrogen (secondary N) is 2. The Labute approximate surface area is 533 Å². The molecule has 36 heteroatoms. The first-order chi connectivity index (χ1) is 41.2. The van der Waals surface area contributed by atoms with Crippen molar-refractivity contribution >= 4 is 127 Å². The van der Waals surface area contributed by atoms with Crippen LogP contribution in [-0.2, 0) is 80.9 Å². The highest BCUT2D eigenvalue weighted by molar-refractivity contribution is 7.90. The minimum atomic E-state index is -5.56. The molecule has 3 aromatic heterocycles. The Bertz CT molecular complexity index is 4960. The van der Waals surface area contributed by atoms with E-state index in [-0.39, 0.29) is 89.4 Å². The lowest BCUT2D eigenvalue weighted by Crippen LogP contribution is -2.53. The molecule has 0 radical (unpaired) electrons. The fourth-order valence-corrected chi connectivity index (χ4v) is 23.8. The van der Waals surface area contributed by atoms with Gasteiger partial charge in [0.2, 0.25) is 0 Å². The molecule has 8 bridgehead atoms. The molecule has 0 fully saturated rings. The molecule has 12 atom stereocenters. The van der Waals surface area contributed by atoms with Gasteiger partial charge < -0.3 is 9.97 Å².